The van der Waals surface area contributed by atoms with E-state index in [0.29, 0.717) is 6.04 Å². The normalized spacial score (nSPS) is 19.4. The van der Waals surface area contributed by atoms with Gasteiger partial charge in [0, 0.05) is 45.3 Å². The Morgan fingerprint density at radius 1 is 1.58 bits per heavy atom. The van der Waals surface area contributed by atoms with Gasteiger partial charge >= 0.3 is 0 Å². The molecule has 0 saturated carbocycles. The highest BCUT2D eigenvalue weighted by atomic mass is 16.1. The van der Waals surface area contributed by atoms with E-state index in [4.69, 9.17) is 0 Å². The van der Waals surface area contributed by atoms with Crippen LogP contribution < -0.4 is 10.6 Å². The van der Waals surface area contributed by atoms with Crippen LogP contribution in [0.3, 0.4) is 0 Å². The Bertz CT molecular complexity index is 435. The van der Waals surface area contributed by atoms with Gasteiger partial charge in [0.2, 0.25) is 5.91 Å². The van der Waals surface area contributed by atoms with Gasteiger partial charge in [-0.15, -0.1) is 0 Å². The molecule has 0 bridgehead atoms. The average Bonchev–Trinajstić information content (AvgIpc) is 2.76. The highest BCUT2D eigenvalue weighted by Gasteiger charge is 2.22. The molecule has 1 aliphatic rings. The summed E-state index contributed by atoms with van der Waals surface area (Å²) >= 11 is 0. The minimum Gasteiger partial charge on any atom is -0.370 e. The summed E-state index contributed by atoms with van der Waals surface area (Å²) in [4.78, 5) is 17.7. The minimum absolute atomic E-state index is 0.0604. The first-order chi connectivity index (χ1) is 9.17. The highest BCUT2D eigenvalue weighted by molar-refractivity contribution is 5.73. The summed E-state index contributed by atoms with van der Waals surface area (Å²) in [5.74, 6) is 0.989. The minimum atomic E-state index is 0.0604. The molecule has 5 heteroatoms. The Morgan fingerprint density at radius 3 is 3.16 bits per heavy atom. The monoisotopic (exact) mass is 262 g/mol. The molecule has 2 heterocycles. The Morgan fingerprint density at radius 2 is 2.42 bits per heavy atom. The van der Waals surface area contributed by atoms with E-state index in [9.17, 15) is 4.79 Å². The zero-order valence-electron chi connectivity index (χ0n) is 11.6. The number of likely N-dealkylation sites (tertiary alicyclic amines) is 1. The van der Waals surface area contributed by atoms with E-state index < -0.39 is 0 Å². The molecular formula is C14H22N4O. The van der Waals surface area contributed by atoms with E-state index in [0.717, 1.165) is 38.4 Å². The molecule has 1 saturated heterocycles. The molecular weight excluding hydrogens is 240 g/mol. The quantitative estimate of drug-likeness (QED) is 0.838. The smallest absolute Gasteiger partial charge is 0.217 e. The van der Waals surface area contributed by atoms with Crippen molar-refractivity contribution in [1.29, 1.82) is 0 Å². The number of rotatable bonds is 5. The van der Waals surface area contributed by atoms with Crippen molar-refractivity contribution in [2.24, 2.45) is 0 Å². The Kier molecular flexibility index (Phi) is 4.74. The lowest BCUT2D eigenvalue weighted by Crippen LogP contribution is -2.35. The first kappa shape index (κ1) is 13.8. The van der Waals surface area contributed by atoms with Gasteiger partial charge in [0.25, 0.3) is 0 Å². The molecule has 19 heavy (non-hydrogen) atoms. The van der Waals surface area contributed by atoms with Gasteiger partial charge in [-0.25, -0.2) is 4.98 Å². The number of nitrogens with zero attached hydrogens (tertiary/aromatic N) is 2. The molecule has 1 aromatic rings. The van der Waals surface area contributed by atoms with Crippen molar-refractivity contribution in [3.05, 3.63) is 23.9 Å². The second-order valence-corrected chi connectivity index (χ2v) is 5.00. The van der Waals surface area contributed by atoms with Crippen LogP contribution in [-0.2, 0) is 11.3 Å². The van der Waals surface area contributed by atoms with E-state index in [1.807, 2.05) is 12.3 Å². The maximum absolute atomic E-state index is 11.0. The number of carbonyl (C=O) groups is 1. The predicted molar refractivity (Wildman–Crippen MR) is 75.9 cm³/mol. The summed E-state index contributed by atoms with van der Waals surface area (Å²) < 4.78 is 0. The summed E-state index contributed by atoms with van der Waals surface area (Å²) in [5.41, 5.74) is 1.26. The second-order valence-electron chi connectivity index (χ2n) is 5.00. The van der Waals surface area contributed by atoms with Crippen molar-refractivity contribution in [2.75, 3.05) is 25.0 Å². The molecule has 0 aromatic carbocycles. The fourth-order valence-corrected chi connectivity index (χ4v) is 2.49. The number of hydrogen-bond donors (Lipinski definition) is 2. The van der Waals surface area contributed by atoms with Crippen LogP contribution in [0.25, 0.3) is 0 Å². The fraction of sp³-hybridized carbons (Fsp3) is 0.571. The third-order valence-corrected chi connectivity index (χ3v) is 3.27. The standard InChI is InChI=1S/C14H22N4O/c1-3-15-14-8-12(4-6-16-14)9-18-7-5-13(10-18)17-11(2)19/h4,6,8,13H,3,5,7,9-10H2,1-2H3,(H,15,16)(H,17,19). The molecule has 1 fully saturated rings. The van der Waals surface area contributed by atoms with Crippen LogP contribution in [0.15, 0.2) is 18.3 Å². The SMILES string of the molecule is CCNc1cc(CN2CCC(NC(C)=O)C2)ccn1. The number of nitrogens with one attached hydrogen (secondary N) is 2. The molecule has 0 radical (unpaired) electrons. The maximum Gasteiger partial charge on any atom is 0.217 e. The number of carbonyl (C=O) groups excluding carboxylic acids is 1. The number of anilines is 1. The van der Waals surface area contributed by atoms with Gasteiger partial charge in [0.05, 0.1) is 0 Å². The van der Waals surface area contributed by atoms with Crippen molar-refractivity contribution in [1.82, 2.24) is 15.2 Å². The molecule has 2 N–H and O–H groups in total. The number of amides is 1. The van der Waals surface area contributed by atoms with Crippen LogP contribution in [0, 0.1) is 0 Å². The molecule has 1 aromatic heterocycles. The first-order valence-corrected chi connectivity index (χ1v) is 6.85. The van der Waals surface area contributed by atoms with Crippen molar-refractivity contribution < 1.29 is 4.79 Å². The van der Waals surface area contributed by atoms with Crippen LogP contribution in [-0.4, -0.2) is 41.5 Å². The van der Waals surface area contributed by atoms with Gasteiger partial charge in [-0.3, -0.25) is 9.69 Å². The van der Waals surface area contributed by atoms with Crippen LogP contribution >= 0.6 is 0 Å². The van der Waals surface area contributed by atoms with Crippen LogP contribution in [0.5, 0.6) is 0 Å². The molecule has 1 aliphatic heterocycles. The van der Waals surface area contributed by atoms with Crippen LogP contribution in [0.4, 0.5) is 5.82 Å². The highest BCUT2D eigenvalue weighted by Crippen LogP contribution is 2.15. The molecule has 104 valence electrons. The fourth-order valence-electron chi connectivity index (χ4n) is 2.49. The summed E-state index contributed by atoms with van der Waals surface area (Å²) in [7, 11) is 0. The summed E-state index contributed by atoms with van der Waals surface area (Å²) in [6.07, 6.45) is 2.87. The van der Waals surface area contributed by atoms with Crippen molar-refractivity contribution in [3.63, 3.8) is 0 Å². The van der Waals surface area contributed by atoms with Crippen LogP contribution in [0.1, 0.15) is 25.8 Å². The molecule has 1 unspecified atom stereocenters. The van der Waals surface area contributed by atoms with Crippen molar-refractivity contribution in [3.8, 4) is 0 Å². The van der Waals surface area contributed by atoms with Gasteiger partial charge in [0.15, 0.2) is 0 Å². The molecule has 2 rings (SSSR count). The second kappa shape index (κ2) is 6.52. The third kappa shape index (κ3) is 4.21. The molecule has 0 spiro atoms. The molecule has 1 atom stereocenters. The van der Waals surface area contributed by atoms with E-state index in [1.54, 1.807) is 6.92 Å². The third-order valence-electron chi connectivity index (χ3n) is 3.27. The Hall–Kier alpha value is -1.62. The lowest BCUT2D eigenvalue weighted by Gasteiger charge is -2.16. The number of pyridine rings is 1. The molecule has 0 aliphatic carbocycles. The lowest BCUT2D eigenvalue weighted by molar-refractivity contribution is -0.119. The van der Waals surface area contributed by atoms with E-state index in [2.05, 4.69) is 33.5 Å². The van der Waals surface area contributed by atoms with Gasteiger partial charge < -0.3 is 10.6 Å². The van der Waals surface area contributed by atoms with Gasteiger partial charge in [-0.05, 0) is 31.0 Å². The van der Waals surface area contributed by atoms with Gasteiger partial charge in [0.1, 0.15) is 5.82 Å². The van der Waals surface area contributed by atoms with Crippen molar-refractivity contribution >= 4 is 11.7 Å². The maximum atomic E-state index is 11.0. The van der Waals surface area contributed by atoms with Crippen molar-refractivity contribution in [2.45, 2.75) is 32.9 Å². The lowest BCUT2D eigenvalue weighted by atomic mass is 10.2. The Labute approximate surface area is 114 Å². The van der Waals surface area contributed by atoms with E-state index in [-0.39, 0.29) is 5.91 Å². The average molecular weight is 262 g/mol. The van der Waals surface area contributed by atoms with Gasteiger partial charge in [-0.2, -0.15) is 0 Å². The van der Waals surface area contributed by atoms with Crippen LogP contribution in [0.2, 0.25) is 0 Å². The number of aromatic nitrogens is 1. The predicted octanol–water partition coefficient (Wildman–Crippen LogP) is 1.22. The summed E-state index contributed by atoms with van der Waals surface area (Å²) in [6.45, 7) is 7.39. The zero-order chi connectivity index (χ0) is 13.7. The number of hydrogen-bond acceptors (Lipinski definition) is 4. The first-order valence-electron chi connectivity index (χ1n) is 6.85. The Balaban J connectivity index is 1.88. The molecule has 5 nitrogen and oxygen atoms in total. The van der Waals surface area contributed by atoms with E-state index in [1.165, 1.54) is 5.56 Å². The summed E-state index contributed by atoms with van der Waals surface area (Å²) in [5, 5.41) is 6.20. The largest absolute Gasteiger partial charge is 0.370 e. The van der Waals surface area contributed by atoms with E-state index >= 15 is 0 Å². The topological polar surface area (TPSA) is 57.3 Å². The van der Waals surface area contributed by atoms with Gasteiger partial charge in [-0.1, -0.05) is 0 Å². The molecule has 1 amide bonds. The zero-order valence-corrected chi connectivity index (χ0v) is 11.6. The summed E-state index contributed by atoms with van der Waals surface area (Å²) in [6, 6.07) is 4.44.